The number of hydrogen-bond acceptors (Lipinski definition) is 5. The molecule has 1 amide bonds. The van der Waals surface area contributed by atoms with Crippen LogP contribution in [0.4, 0.5) is 5.82 Å². The molecule has 2 saturated heterocycles. The van der Waals surface area contributed by atoms with Crippen LogP contribution in [0.15, 0.2) is 36.5 Å². The van der Waals surface area contributed by atoms with Gasteiger partial charge in [-0.25, -0.2) is 4.98 Å². The summed E-state index contributed by atoms with van der Waals surface area (Å²) in [4.78, 5) is 21.5. The minimum Gasteiger partial charge on any atom is -0.485 e. The highest BCUT2D eigenvalue weighted by Gasteiger charge is 2.30. The molecular weight excluding hydrogens is 352 g/mol. The minimum absolute atomic E-state index is 0.000886. The Morgan fingerprint density at radius 3 is 2.82 bits per heavy atom. The Morgan fingerprint density at radius 1 is 1.25 bits per heavy atom. The lowest BCUT2D eigenvalue weighted by Crippen LogP contribution is -2.31. The number of nitriles is 1. The number of carbonyl (C=O) groups excluding carboxylic acids is 1. The van der Waals surface area contributed by atoms with Crippen LogP contribution in [0.25, 0.3) is 0 Å². The predicted octanol–water partition coefficient (Wildman–Crippen LogP) is 3.16. The largest absolute Gasteiger partial charge is 0.485 e. The summed E-state index contributed by atoms with van der Waals surface area (Å²) in [5, 5.41) is 9.01. The topological polar surface area (TPSA) is 69.5 Å². The molecule has 2 aliphatic heterocycles. The lowest BCUT2D eigenvalue weighted by Gasteiger charge is -2.22. The molecule has 6 heteroatoms. The lowest BCUT2D eigenvalue weighted by atomic mass is 10.0. The van der Waals surface area contributed by atoms with Crippen LogP contribution in [0.1, 0.15) is 40.7 Å². The Bertz CT molecular complexity index is 915. The van der Waals surface area contributed by atoms with Crippen LogP contribution in [-0.2, 0) is 0 Å². The third kappa shape index (κ3) is 3.65. The van der Waals surface area contributed by atoms with Crippen molar-refractivity contribution in [2.24, 2.45) is 0 Å². The molecular formula is C22H24N4O2. The molecule has 0 radical (unpaired) electrons. The van der Waals surface area contributed by atoms with Gasteiger partial charge in [-0.3, -0.25) is 4.79 Å². The smallest absolute Gasteiger partial charge is 0.254 e. The SMILES string of the molecule is Cc1cc(C#N)ccc1C(=O)N1CCC(Oc2cccnc2N2CCCC2)C1. The van der Waals surface area contributed by atoms with E-state index in [4.69, 9.17) is 10.00 Å². The van der Waals surface area contributed by atoms with Gasteiger partial charge in [0.25, 0.3) is 5.91 Å². The Hall–Kier alpha value is -3.07. The van der Waals surface area contributed by atoms with Crippen LogP contribution < -0.4 is 9.64 Å². The summed E-state index contributed by atoms with van der Waals surface area (Å²) in [5.41, 5.74) is 2.05. The summed E-state index contributed by atoms with van der Waals surface area (Å²) in [6, 6.07) is 11.2. The Morgan fingerprint density at radius 2 is 2.07 bits per heavy atom. The van der Waals surface area contributed by atoms with Crippen molar-refractivity contribution in [1.82, 2.24) is 9.88 Å². The van der Waals surface area contributed by atoms with Gasteiger partial charge in [-0.2, -0.15) is 5.26 Å². The normalized spacial score (nSPS) is 18.9. The van der Waals surface area contributed by atoms with Gasteiger partial charge in [-0.05, 0) is 55.7 Å². The molecule has 1 aromatic heterocycles. The molecule has 0 N–H and O–H groups in total. The van der Waals surface area contributed by atoms with Crippen LogP contribution >= 0.6 is 0 Å². The average Bonchev–Trinajstić information content (AvgIpc) is 3.40. The molecule has 0 spiro atoms. The zero-order valence-electron chi connectivity index (χ0n) is 16.1. The Kier molecular flexibility index (Phi) is 5.16. The molecule has 1 atom stereocenters. The van der Waals surface area contributed by atoms with Crippen LogP contribution in [0.3, 0.4) is 0 Å². The van der Waals surface area contributed by atoms with E-state index in [9.17, 15) is 4.79 Å². The fraction of sp³-hybridized carbons (Fsp3) is 0.409. The van der Waals surface area contributed by atoms with E-state index < -0.39 is 0 Å². The highest BCUT2D eigenvalue weighted by molar-refractivity contribution is 5.96. The quantitative estimate of drug-likeness (QED) is 0.820. The number of carbonyl (C=O) groups is 1. The number of aryl methyl sites for hydroxylation is 1. The molecule has 2 fully saturated rings. The van der Waals surface area contributed by atoms with Crippen molar-refractivity contribution < 1.29 is 9.53 Å². The van der Waals surface area contributed by atoms with E-state index in [1.807, 2.05) is 24.0 Å². The number of benzene rings is 1. The maximum absolute atomic E-state index is 12.9. The van der Waals surface area contributed by atoms with Crippen LogP contribution in [-0.4, -0.2) is 48.1 Å². The van der Waals surface area contributed by atoms with Crippen molar-refractivity contribution in [3.63, 3.8) is 0 Å². The van der Waals surface area contributed by atoms with E-state index in [0.717, 1.165) is 36.6 Å². The number of rotatable bonds is 4. The average molecular weight is 376 g/mol. The summed E-state index contributed by atoms with van der Waals surface area (Å²) in [5.74, 6) is 1.71. The van der Waals surface area contributed by atoms with Crippen molar-refractivity contribution in [3.8, 4) is 11.8 Å². The molecule has 3 heterocycles. The van der Waals surface area contributed by atoms with E-state index >= 15 is 0 Å². The molecule has 0 saturated carbocycles. The van der Waals surface area contributed by atoms with E-state index in [1.54, 1.807) is 24.4 Å². The summed E-state index contributed by atoms with van der Waals surface area (Å²) >= 11 is 0. The number of amides is 1. The molecule has 28 heavy (non-hydrogen) atoms. The van der Waals surface area contributed by atoms with Crippen LogP contribution in [0, 0.1) is 18.3 Å². The maximum Gasteiger partial charge on any atom is 0.254 e. The first-order chi connectivity index (χ1) is 13.7. The van der Waals surface area contributed by atoms with Gasteiger partial charge in [0.1, 0.15) is 6.10 Å². The number of likely N-dealkylation sites (tertiary alicyclic amines) is 1. The second-order valence-electron chi connectivity index (χ2n) is 7.44. The zero-order valence-corrected chi connectivity index (χ0v) is 16.1. The molecule has 6 nitrogen and oxygen atoms in total. The molecule has 0 bridgehead atoms. The van der Waals surface area contributed by atoms with Gasteiger partial charge in [0.05, 0.1) is 18.2 Å². The number of aromatic nitrogens is 1. The van der Waals surface area contributed by atoms with Crippen molar-refractivity contribution in [3.05, 3.63) is 53.2 Å². The lowest BCUT2D eigenvalue weighted by molar-refractivity contribution is 0.0772. The van der Waals surface area contributed by atoms with Crippen LogP contribution in [0.2, 0.25) is 0 Å². The van der Waals surface area contributed by atoms with Gasteiger partial charge in [0.15, 0.2) is 11.6 Å². The van der Waals surface area contributed by atoms with E-state index in [1.165, 1.54) is 12.8 Å². The van der Waals surface area contributed by atoms with Crippen molar-refractivity contribution in [2.45, 2.75) is 32.3 Å². The summed E-state index contributed by atoms with van der Waals surface area (Å²) < 4.78 is 6.26. The number of nitrogens with zero attached hydrogens (tertiary/aromatic N) is 4. The molecule has 1 aromatic carbocycles. The maximum atomic E-state index is 12.9. The third-order valence-corrected chi connectivity index (χ3v) is 5.47. The number of hydrogen-bond donors (Lipinski definition) is 0. The summed E-state index contributed by atoms with van der Waals surface area (Å²) in [7, 11) is 0. The van der Waals surface area contributed by atoms with Gasteiger partial charge in [0, 0.05) is 37.8 Å². The number of anilines is 1. The molecule has 0 aliphatic carbocycles. The molecule has 4 rings (SSSR count). The molecule has 2 aromatic rings. The van der Waals surface area contributed by atoms with Gasteiger partial charge < -0.3 is 14.5 Å². The highest BCUT2D eigenvalue weighted by atomic mass is 16.5. The van der Waals surface area contributed by atoms with Gasteiger partial charge in [-0.15, -0.1) is 0 Å². The standard InChI is InChI=1S/C22H24N4O2/c1-16-13-17(14-23)6-7-19(16)22(27)26-12-8-18(15-26)28-20-5-4-9-24-21(20)25-10-2-3-11-25/h4-7,9,13,18H,2-3,8,10-12,15H2,1H3. The third-order valence-electron chi connectivity index (χ3n) is 5.47. The van der Waals surface area contributed by atoms with Crippen molar-refractivity contribution >= 4 is 11.7 Å². The van der Waals surface area contributed by atoms with Gasteiger partial charge in [-0.1, -0.05) is 0 Å². The summed E-state index contributed by atoms with van der Waals surface area (Å²) in [6.07, 6.45) is 4.94. The fourth-order valence-corrected chi connectivity index (χ4v) is 3.97. The molecule has 144 valence electrons. The highest BCUT2D eigenvalue weighted by Crippen LogP contribution is 2.30. The summed E-state index contributed by atoms with van der Waals surface area (Å²) in [6.45, 7) is 5.13. The Balaban J connectivity index is 1.44. The second kappa shape index (κ2) is 7.89. The first kappa shape index (κ1) is 18.3. The second-order valence-corrected chi connectivity index (χ2v) is 7.44. The van der Waals surface area contributed by atoms with Crippen molar-refractivity contribution in [2.75, 3.05) is 31.1 Å². The molecule has 1 unspecified atom stereocenters. The predicted molar refractivity (Wildman–Crippen MR) is 107 cm³/mol. The zero-order chi connectivity index (χ0) is 19.5. The van der Waals surface area contributed by atoms with E-state index in [0.29, 0.717) is 24.2 Å². The Labute approximate surface area is 165 Å². The molecule has 2 aliphatic rings. The monoisotopic (exact) mass is 376 g/mol. The van der Waals surface area contributed by atoms with Gasteiger partial charge in [0.2, 0.25) is 0 Å². The van der Waals surface area contributed by atoms with Crippen LogP contribution in [0.5, 0.6) is 5.75 Å². The van der Waals surface area contributed by atoms with Crippen molar-refractivity contribution in [1.29, 1.82) is 5.26 Å². The first-order valence-electron chi connectivity index (χ1n) is 9.82. The van der Waals surface area contributed by atoms with E-state index in [2.05, 4.69) is 16.0 Å². The number of pyridine rings is 1. The van der Waals surface area contributed by atoms with E-state index in [-0.39, 0.29) is 12.0 Å². The van der Waals surface area contributed by atoms with Gasteiger partial charge >= 0.3 is 0 Å². The fourth-order valence-electron chi connectivity index (χ4n) is 3.97. The number of ether oxygens (including phenoxy) is 1. The first-order valence-corrected chi connectivity index (χ1v) is 9.82. The minimum atomic E-state index is -0.0341.